The molecule has 0 aromatic heterocycles. The summed E-state index contributed by atoms with van der Waals surface area (Å²) in [6.45, 7) is 3.55. The molecule has 0 radical (unpaired) electrons. The van der Waals surface area contributed by atoms with Crippen molar-refractivity contribution in [2.45, 2.75) is 32.9 Å². The van der Waals surface area contributed by atoms with Gasteiger partial charge in [-0.25, -0.2) is 4.79 Å². The van der Waals surface area contributed by atoms with Crippen LogP contribution in [0.1, 0.15) is 25.0 Å². The van der Waals surface area contributed by atoms with Crippen molar-refractivity contribution in [1.29, 1.82) is 0 Å². The van der Waals surface area contributed by atoms with Crippen LogP contribution in [-0.2, 0) is 36.9 Å². The van der Waals surface area contributed by atoms with E-state index in [2.05, 4.69) is 20.7 Å². The number of carbonyl (C=O) groups is 4. The molecule has 0 saturated carbocycles. The quantitative estimate of drug-likeness (QED) is 0.473. The standard InChI is InChI=1S/C24H29N3O6/c1-16(2)22(27-24(31)33-15-18-7-5-4-6-8-18)23(30)26-19-11-9-17(10-12-19)13-20(28)25-14-21(29)32-3/h4-12,16,22H,13-15H2,1-3H3,(H,25,28)(H,26,30)(H,27,31)/t22-/m0/s1. The highest BCUT2D eigenvalue weighted by molar-refractivity contribution is 5.96. The molecule has 0 unspecified atom stereocenters. The van der Waals surface area contributed by atoms with E-state index in [0.717, 1.165) is 5.56 Å². The number of nitrogens with one attached hydrogen (secondary N) is 3. The van der Waals surface area contributed by atoms with Gasteiger partial charge in [0.2, 0.25) is 11.8 Å². The number of amides is 3. The number of anilines is 1. The highest BCUT2D eigenvalue weighted by Crippen LogP contribution is 2.13. The van der Waals surface area contributed by atoms with Gasteiger partial charge >= 0.3 is 12.1 Å². The van der Waals surface area contributed by atoms with E-state index >= 15 is 0 Å². The third kappa shape index (κ3) is 9.02. The van der Waals surface area contributed by atoms with Crippen LogP contribution in [0, 0.1) is 5.92 Å². The molecular formula is C24H29N3O6. The summed E-state index contributed by atoms with van der Waals surface area (Å²) >= 11 is 0. The van der Waals surface area contributed by atoms with E-state index < -0.39 is 18.1 Å². The number of benzene rings is 2. The maximum absolute atomic E-state index is 12.7. The van der Waals surface area contributed by atoms with Gasteiger partial charge in [-0.1, -0.05) is 56.3 Å². The van der Waals surface area contributed by atoms with E-state index in [1.165, 1.54) is 7.11 Å². The Morgan fingerprint density at radius 1 is 0.909 bits per heavy atom. The molecule has 0 bridgehead atoms. The zero-order valence-corrected chi connectivity index (χ0v) is 18.9. The lowest BCUT2D eigenvalue weighted by atomic mass is 10.0. The Kier molecular flexibility index (Phi) is 9.88. The van der Waals surface area contributed by atoms with Gasteiger partial charge in [0.15, 0.2) is 0 Å². The summed E-state index contributed by atoms with van der Waals surface area (Å²) in [4.78, 5) is 47.8. The van der Waals surface area contributed by atoms with E-state index in [1.54, 1.807) is 24.3 Å². The highest BCUT2D eigenvalue weighted by Gasteiger charge is 2.25. The van der Waals surface area contributed by atoms with E-state index in [-0.39, 0.29) is 37.3 Å². The number of carbonyl (C=O) groups excluding carboxylic acids is 4. The summed E-state index contributed by atoms with van der Waals surface area (Å²) in [5.41, 5.74) is 2.07. The number of rotatable bonds is 10. The lowest BCUT2D eigenvalue weighted by molar-refractivity contribution is -0.141. The van der Waals surface area contributed by atoms with Crippen LogP contribution < -0.4 is 16.0 Å². The third-order valence-electron chi connectivity index (χ3n) is 4.68. The van der Waals surface area contributed by atoms with Gasteiger partial charge in [0, 0.05) is 5.69 Å². The summed E-state index contributed by atoms with van der Waals surface area (Å²) in [6, 6.07) is 15.2. The molecule has 2 aromatic rings. The summed E-state index contributed by atoms with van der Waals surface area (Å²) in [5.74, 6) is -1.41. The van der Waals surface area contributed by atoms with Crippen molar-refractivity contribution in [3.8, 4) is 0 Å². The van der Waals surface area contributed by atoms with E-state index in [4.69, 9.17) is 4.74 Å². The second-order valence-electron chi connectivity index (χ2n) is 7.64. The topological polar surface area (TPSA) is 123 Å². The highest BCUT2D eigenvalue weighted by atomic mass is 16.5. The van der Waals surface area contributed by atoms with Crippen LogP contribution in [0.3, 0.4) is 0 Å². The second kappa shape index (κ2) is 12.8. The molecule has 33 heavy (non-hydrogen) atoms. The molecule has 3 N–H and O–H groups in total. The first-order valence-corrected chi connectivity index (χ1v) is 10.5. The first-order chi connectivity index (χ1) is 15.8. The van der Waals surface area contributed by atoms with Crippen molar-refractivity contribution in [2.75, 3.05) is 19.0 Å². The van der Waals surface area contributed by atoms with E-state index in [9.17, 15) is 19.2 Å². The van der Waals surface area contributed by atoms with Gasteiger partial charge in [-0.3, -0.25) is 14.4 Å². The minimum absolute atomic E-state index is 0.0780. The lowest BCUT2D eigenvalue weighted by Crippen LogP contribution is -2.47. The Morgan fingerprint density at radius 3 is 2.18 bits per heavy atom. The van der Waals surface area contributed by atoms with Crippen LogP contribution >= 0.6 is 0 Å². The normalized spacial score (nSPS) is 11.3. The van der Waals surface area contributed by atoms with Crippen molar-refractivity contribution in [3.63, 3.8) is 0 Å². The Hall–Kier alpha value is -3.88. The van der Waals surface area contributed by atoms with Gasteiger partial charge in [0.05, 0.1) is 13.5 Å². The van der Waals surface area contributed by atoms with Crippen LogP contribution in [0.25, 0.3) is 0 Å². The van der Waals surface area contributed by atoms with Crippen molar-refractivity contribution in [2.24, 2.45) is 5.92 Å². The average molecular weight is 456 g/mol. The number of ether oxygens (including phenoxy) is 2. The van der Waals surface area contributed by atoms with Crippen molar-refractivity contribution < 1.29 is 28.7 Å². The minimum Gasteiger partial charge on any atom is -0.468 e. The first-order valence-electron chi connectivity index (χ1n) is 10.5. The molecule has 0 aliphatic carbocycles. The Morgan fingerprint density at radius 2 is 1.58 bits per heavy atom. The molecule has 0 fully saturated rings. The van der Waals surface area contributed by atoms with Crippen LogP contribution in [0.4, 0.5) is 10.5 Å². The SMILES string of the molecule is COC(=O)CNC(=O)Cc1ccc(NC(=O)[C@@H](NC(=O)OCc2ccccc2)C(C)C)cc1. The smallest absolute Gasteiger partial charge is 0.408 e. The minimum atomic E-state index is -0.794. The van der Waals surface area contributed by atoms with Gasteiger partial charge in [0.1, 0.15) is 19.2 Å². The summed E-state index contributed by atoms with van der Waals surface area (Å²) in [5, 5.41) is 7.83. The molecule has 2 rings (SSSR count). The first kappa shape index (κ1) is 25.4. The van der Waals surface area contributed by atoms with Crippen LogP contribution in [0.5, 0.6) is 0 Å². The summed E-state index contributed by atoms with van der Waals surface area (Å²) in [6.07, 6.45) is -0.602. The van der Waals surface area contributed by atoms with Gasteiger partial charge < -0.3 is 25.4 Å². The van der Waals surface area contributed by atoms with Crippen LogP contribution in [0.2, 0.25) is 0 Å². The molecule has 3 amide bonds. The molecule has 0 saturated heterocycles. The molecule has 9 heteroatoms. The fraction of sp³-hybridized carbons (Fsp3) is 0.333. The summed E-state index contributed by atoms with van der Waals surface area (Å²) < 4.78 is 9.68. The average Bonchev–Trinajstić information content (AvgIpc) is 2.81. The molecule has 0 aliphatic rings. The largest absolute Gasteiger partial charge is 0.468 e. The zero-order valence-electron chi connectivity index (χ0n) is 18.9. The summed E-state index contributed by atoms with van der Waals surface area (Å²) in [7, 11) is 1.24. The molecule has 9 nitrogen and oxygen atoms in total. The predicted octanol–water partition coefficient (Wildman–Crippen LogP) is 2.41. The third-order valence-corrected chi connectivity index (χ3v) is 4.68. The monoisotopic (exact) mass is 455 g/mol. The number of hydrogen-bond acceptors (Lipinski definition) is 6. The molecular weight excluding hydrogens is 426 g/mol. The fourth-order valence-corrected chi connectivity index (χ4v) is 2.84. The number of alkyl carbamates (subject to hydrolysis) is 1. The number of hydrogen-bond donors (Lipinski definition) is 3. The van der Waals surface area contributed by atoms with Gasteiger partial charge in [-0.15, -0.1) is 0 Å². The van der Waals surface area contributed by atoms with Gasteiger partial charge in [-0.2, -0.15) is 0 Å². The van der Waals surface area contributed by atoms with Crippen LogP contribution in [-0.4, -0.2) is 43.6 Å². The van der Waals surface area contributed by atoms with Gasteiger partial charge in [-0.05, 0) is 29.2 Å². The number of esters is 1. The maximum atomic E-state index is 12.7. The lowest BCUT2D eigenvalue weighted by Gasteiger charge is -2.21. The predicted molar refractivity (Wildman–Crippen MR) is 122 cm³/mol. The van der Waals surface area contributed by atoms with E-state index in [0.29, 0.717) is 11.3 Å². The maximum Gasteiger partial charge on any atom is 0.408 e. The second-order valence-corrected chi connectivity index (χ2v) is 7.64. The Balaban J connectivity index is 1.86. The molecule has 176 valence electrons. The van der Waals surface area contributed by atoms with Crippen molar-refractivity contribution >= 4 is 29.6 Å². The van der Waals surface area contributed by atoms with Gasteiger partial charge in [0.25, 0.3) is 0 Å². The molecule has 1 atom stereocenters. The number of methoxy groups -OCH3 is 1. The Bertz CT molecular complexity index is 944. The molecule has 0 aliphatic heterocycles. The molecule has 0 heterocycles. The fourth-order valence-electron chi connectivity index (χ4n) is 2.84. The Labute approximate surface area is 192 Å². The zero-order chi connectivity index (χ0) is 24.2. The van der Waals surface area contributed by atoms with E-state index in [1.807, 2.05) is 44.2 Å². The molecule has 0 spiro atoms. The molecule has 2 aromatic carbocycles. The van der Waals surface area contributed by atoms with Crippen molar-refractivity contribution in [3.05, 3.63) is 65.7 Å². The van der Waals surface area contributed by atoms with Crippen molar-refractivity contribution in [1.82, 2.24) is 10.6 Å². The van der Waals surface area contributed by atoms with Crippen LogP contribution in [0.15, 0.2) is 54.6 Å².